The Labute approximate surface area is 140 Å². The number of hydrogen-bond donors (Lipinski definition) is 2. The van der Waals surface area contributed by atoms with E-state index in [1.54, 1.807) is 5.57 Å². The molecule has 5 heteroatoms. The highest BCUT2D eigenvalue weighted by Gasteiger charge is 2.03. The summed E-state index contributed by atoms with van der Waals surface area (Å²) in [4.78, 5) is 4.48. The summed E-state index contributed by atoms with van der Waals surface area (Å²) < 4.78 is 5.29. The predicted molar refractivity (Wildman–Crippen MR) is 97.1 cm³/mol. The summed E-state index contributed by atoms with van der Waals surface area (Å²) in [6.45, 7) is 8.11. The highest BCUT2D eigenvalue weighted by atomic mass is 127. The van der Waals surface area contributed by atoms with Crippen LogP contribution in [0.3, 0.4) is 0 Å². The lowest BCUT2D eigenvalue weighted by Crippen LogP contribution is -2.38. The minimum Gasteiger partial charge on any atom is -0.380 e. The van der Waals surface area contributed by atoms with Crippen LogP contribution in [0.5, 0.6) is 0 Å². The van der Waals surface area contributed by atoms with Gasteiger partial charge in [0.15, 0.2) is 5.96 Å². The Kier molecular flexibility index (Phi) is 13.5. The SMILES string of the molecule is CCNC(=NCCOCC)NCCC1=CCCCC1.I. The third-order valence-electron chi connectivity index (χ3n) is 3.18. The first-order chi connectivity index (χ1) is 9.36. The van der Waals surface area contributed by atoms with Crippen LogP contribution in [0.2, 0.25) is 0 Å². The van der Waals surface area contributed by atoms with Gasteiger partial charge < -0.3 is 15.4 Å². The Morgan fingerprint density at radius 3 is 2.80 bits per heavy atom. The van der Waals surface area contributed by atoms with Gasteiger partial charge >= 0.3 is 0 Å². The Balaban J connectivity index is 0.00000361. The van der Waals surface area contributed by atoms with E-state index in [2.05, 4.69) is 28.6 Å². The minimum absolute atomic E-state index is 0. The number of ether oxygens (including phenoxy) is 1. The van der Waals surface area contributed by atoms with Gasteiger partial charge in [-0.15, -0.1) is 24.0 Å². The van der Waals surface area contributed by atoms with Gasteiger partial charge in [0.25, 0.3) is 0 Å². The van der Waals surface area contributed by atoms with Crippen molar-refractivity contribution >= 4 is 29.9 Å². The van der Waals surface area contributed by atoms with Crippen LogP contribution < -0.4 is 10.6 Å². The number of aliphatic imine (C=N–C) groups is 1. The molecule has 0 aliphatic heterocycles. The summed E-state index contributed by atoms with van der Waals surface area (Å²) in [6, 6.07) is 0. The molecule has 0 saturated carbocycles. The van der Waals surface area contributed by atoms with Gasteiger partial charge in [-0.2, -0.15) is 0 Å². The highest BCUT2D eigenvalue weighted by molar-refractivity contribution is 14.0. The number of hydrogen-bond acceptors (Lipinski definition) is 2. The van der Waals surface area contributed by atoms with E-state index in [0.29, 0.717) is 13.2 Å². The van der Waals surface area contributed by atoms with Gasteiger partial charge in [-0.25, -0.2) is 0 Å². The fraction of sp³-hybridized carbons (Fsp3) is 0.800. The first-order valence-corrected chi connectivity index (χ1v) is 7.64. The Morgan fingerprint density at radius 2 is 2.15 bits per heavy atom. The molecule has 1 aliphatic carbocycles. The second kappa shape index (κ2) is 13.7. The van der Waals surface area contributed by atoms with Crippen LogP contribution in [-0.4, -0.2) is 38.8 Å². The van der Waals surface area contributed by atoms with E-state index in [0.717, 1.165) is 32.1 Å². The van der Waals surface area contributed by atoms with Gasteiger partial charge in [0.05, 0.1) is 13.2 Å². The van der Waals surface area contributed by atoms with E-state index < -0.39 is 0 Å². The molecule has 0 radical (unpaired) electrons. The van der Waals surface area contributed by atoms with Gasteiger partial charge in [0.2, 0.25) is 0 Å². The lowest BCUT2D eigenvalue weighted by Gasteiger charge is -2.15. The first-order valence-electron chi connectivity index (χ1n) is 7.64. The molecule has 0 aromatic heterocycles. The number of halogens is 1. The number of allylic oxidation sites excluding steroid dienone is 1. The van der Waals surface area contributed by atoms with E-state index in [-0.39, 0.29) is 24.0 Å². The molecule has 1 rings (SSSR count). The van der Waals surface area contributed by atoms with Crippen molar-refractivity contribution in [1.82, 2.24) is 10.6 Å². The van der Waals surface area contributed by atoms with Crippen LogP contribution >= 0.6 is 24.0 Å². The Hall–Kier alpha value is -0.300. The van der Waals surface area contributed by atoms with Gasteiger partial charge in [-0.05, 0) is 46.0 Å². The van der Waals surface area contributed by atoms with Crippen molar-refractivity contribution < 1.29 is 4.74 Å². The van der Waals surface area contributed by atoms with Crippen LogP contribution in [0.4, 0.5) is 0 Å². The van der Waals surface area contributed by atoms with E-state index >= 15 is 0 Å². The largest absolute Gasteiger partial charge is 0.380 e. The van der Waals surface area contributed by atoms with Gasteiger partial charge in [0, 0.05) is 19.7 Å². The molecule has 0 spiro atoms. The zero-order valence-corrected chi connectivity index (χ0v) is 15.2. The minimum atomic E-state index is 0. The standard InChI is InChI=1S/C15H29N3O.HI/c1-3-16-15(18-12-13-19-4-2)17-11-10-14-8-6-5-7-9-14;/h8H,3-7,9-13H2,1-2H3,(H2,16,17,18);1H. The number of guanidine groups is 1. The lowest BCUT2D eigenvalue weighted by atomic mass is 9.97. The fourth-order valence-electron chi connectivity index (χ4n) is 2.18. The summed E-state index contributed by atoms with van der Waals surface area (Å²) in [5.41, 5.74) is 1.60. The maximum Gasteiger partial charge on any atom is 0.191 e. The molecule has 0 amide bonds. The molecule has 0 bridgehead atoms. The molecule has 0 heterocycles. The van der Waals surface area contributed by atoms with Gasteiger partial charge in [0.1, 0.15) is 0 Å². The van der Waals surface area contributed by atoms with Crippen LogP contribution in [0, 0.1) is 0 Å². The van der Waals surface area contributed by atoms with Crippen molar-refractivity contribution in [2.45, 2.75) is 46.0 Å². The molecular weight excluding hydrogens is 365 g/mol. The number of nitrogens with one attached hydrogen (secondary N) is 2. The molecule has 0 aromatic rings. The van der Waals surface area contributed by atoms with Crippen molar-refractivity contribution in [3.63, 3.8) is 0 Å². The van der Waals surface area contributed by atoms with Crippen molar-refractivity contribution in [2.75, 3.05) is 32.8 Å². The van der Waals surface area contributed by atoms with Crippen molar-refractivity contribution in [3.8, 4) is 0 Å². The smallest absolute Gasteiger partial charge is 0.191 e. The predicted octanol–water partition coefficient (Wildman–Crippen LogP) is 3.09. The summed E-state index contributed by atoms with van der Waals surface area (Å²) in [7, 11) is 0. The topological polar surface area (TPSA) is 45.7 Å². The molecule has 0 atom stereocenters. The number of nitrogens with zero attached hydrogens (tertiary/aromatic N) is 1. The van der Waals surface area contributed by atoms with Gasteiger partial charge in [-0.1, -0.05) is 11.6 Å². The van der Waals surface area contributed by atoms with Crippen molar-refractivity contribution in [1.29, 1.82) is 0 Å². The molecule has 0 unspecified atom stereocenters. The van der Waals surface area contributed by atoms with Crippen LogP contribution in [0.15, 0.2) is 16.6 Å². The Bertz CT molecular complexity index is 293. The third kappa shape index (κ3) is 9.58. The molecule has 1 aliphatic rings. The first kappa shape index (κ1) is 19.7. The maximum atomic E-state index is 5.29. The molecule has 0 fully saturated rings. The lowest BCUT2D eigenvalue weighted by molar-refractivity contribution is 0.155. The van der Waals surface area contributed by atoms with Crippen LogP contribution in [0.1, 0.15) is 46.0 Å². The van der Waals surface area contributed by atoms with E-state index in [1.807, 2.05) is 6.92 Å². The normalized spacial score (nSPS) is 15.3. The third-order valence-corrected chi connectivity index (χ3v) is 3.18. The van der Waals surface area contributed by atoms with Crippen molar-refractivity contribution in [2.24, 2.45) is 4.99 Å². The highest BCUT2D eigenvalue weighted by Crippen LogP contribution is 2.19. The number of rotatable bonds is 8. The summed E-state index contributed by atoms with van der Waals surface area (Å²) >= 11 is 0. The quantitative estimate of drug-likeness (QED) is 0.218. The summed E-state index contributed by atoms with van der Waals surface area (Å²) in [5.74, 6) is 0.901. The monoisotopic (exact) mass is 395 g/mol. The van der Waals surface area contributed by atoms with Crippen LogP contribution in [0.25, 0.3) is 0 Å². The van der Waals surface area contributed by atoms with E-state index in [4.69, 9.17) is 4.74 Å². The van der Waals surface area contributed by atoms with Crippen molar-refractivity contribution in [3.05, 3.63) is 11.6 Å². The zero-order valence-electron chi connectivity index (χ0n) is 12.9. The van der Waals surface area contributed by atoms with Crippen LogP contribution in [-0.2, 0) is 4.74 Å². The Morgan fingerprint density at radius 1 is 1.30 bits per heavy atom. The molecular formula is C15H30IN3O. The van der Waals surface area contributed by atoms with E-state index in [1.165, 1.54) is 25.7 Å². The summed E-state index contributed by atoms with van der Waals surface area (Å²) in [6.07, 6.45) is 8.80. The molecule has 118 valence electrons. The second-order valence-electron chi connectivity index (χ2n) is 4.74. The molecule has 0 aromatic carbocycles. The molecule has 2 N–H and O–H groups in total. The van der Waals surface area contributed by atoms with Gasteiger partial charge in [-0.3, -0.25) is 4.99 Å². The molecule has 4 nitrogen and oxygen atoms in total. The van der Waals surface area contributed by atoms with E-state index in [9.17, 15) is 0 Å². The average molecular weight is 395 g/mol. The zero-order chi connectivity index (χ0) is 13.8. The molecule has 20 heavy (non-hydrogen) atoms. The average Bonchev–Trinajstić information content (AvgIpc) is 2.44. The fourth-order valence-corrected chi connectivity index (χ4v) is 2.18. The summed E-state index contributed by atoms with van der Waals surface area (Å²) in [5, 5.41) is 6.65. The second-order valence-corrected chi connectivity index (χ2v) is 4.74. The molecule has 0 saturated heterocycles. The maximum absolute atomic E-state index is 5.29.